The highest BCUT2D eigenvalue weighted by Crippen LogP contribution is 2.29. The highest BCUT2D eigenvalue weighted by Gasteiger charge is 2.24. The molecule has 1 aromatic heterocycles. The van der Waals surface area contributed by atoms with Gasteiger partial charge in [-0.25, -0.2) is 0 Å². The SMILES string of the molecule is Cn1ncc2c1CCC[C@H]2NC(=O)COc1ccc(Cl)cc1Cl. The second-order valence-electron chi connectivity index (χ2n) is 5.55. The third-order valence-electron chi connectivity index (χ3n) is 3.96. The number of nitrogens with one attached hydrogen (secondary N) is 1. The van der Waals surface area contributed by atoms with Crippen molar-refractivity contribution < 1.29 is 9.53 Å². The number of ether oxygens (including phenoxy) is 1. The van der Waals surface area contributed by atoms with Crippen molar-refractivity contribution >= 4 is 29.1 Å². The van der Waals surface area contributed by atoms with Crippen LogP contribution in [-0.2, 0) is 18.3 Å². The third kappa shape index (κ3) is 3.62. The number of nitrogens with zero attached hydrogens (tertiary/aromatic N) is 2. The van der Waals surface area contributed by atoms with Gasteiger partial charge in [-0.2, -0.15) is 5.10 Å². The average Bonchev–Trinajstić information content (AvgIpc) is 2.89. The van der Waals surface area contributed by atoms with Gasteiger partial charge >= 0.3 is 0 Å². The van der Waals surface area contributed by atoms with Crippen LogP contribution in [0.1, 0.15) is 30.1 Å². The van der Waals surface area contributed by atoms with E-state index in [4.69, 9.17) is 27.9 Å². The fourth-order valence-electron chi connectivity index (χ4n) is 2.83. The van der Waals surface area contributed by atoms with Crippen LogP contribution in [0, 0.1) is 0 Å². The van der Waals surface area contributed by atoms with Crippen LogP contribution in [-0.4, -0.2) is 22.3 Å². The number of rotatable bonds is 4. The van der Waals surface area contributed by atoms with E-state index in [0.29, 0.717) is 15.8 Å². The summed E-state index contributed by atoms with van der Waals surface area (Å²) in [7, 11) is 1.93. The summed E-state index contributed by atoms with van der Waals surface area (Å²) in [5.41, 5.74) is 2.28. The van der Waals surface area contributed by atoms with E-state index in [1.165, 1.54) is 5.69 Å². The Bertz CT molecular complexity index is 730. The molecule has 122 valence electrons. The zero-order valence-electron chi connectivity index (χ0n) is 12.7. The fraction of sp³-hybridized carbons (Fsp3) is 0.375. The minimum atomic E-state index is -0.183. The Morgan fingerprint density at radius 2 is 2.30 bits per heavy atom. The number of carbonyl (C=O) groups excluding carboxylic acids is 1. The summed E-state index contributed by atoms with van der Waals surface area (Å²) in [4.78, 5) is 12.1. The first kappa shape index (κ1) is 16.1. The van der Waals surface area contributed by atoms with Gasteiger partial charge in [-0.3, -0.25) is 9.48 Å². The predicted molar refractivity (Wildman–Crippen MR) is 89.0 cm³/mol. The lowest BCUT2D eigenvalue weighted by Gasteiger charge is -2.23. The van der Waals surface area contributed by atoms with Crippen molar-refractivity contribution in [2.75, 3.05) is 6.61 Å². The van der Waals surface area contributed by atoms with E-state index in [9.17, 15) is 4.79 Å². The molecule has 0 aliphatic heterocycles. The number of amides is 1. The first-order chi connectivity index (χ1) is 11.0. The molecule has 1 heterocycles. The standard InChI is InChI=1S/C16H17Cl2N3O2/c1-21-14-4-2-3-13(11(14)8-19-21)20-16(22)9-23-15-6-5-10(17)7-12(15)18/h5-8,13H,2-4,9H2,1H3,(H,20,22)/t13-/m1/s1. The minimum absolute atomic E-state index is 0.00996. The number of aryl methyl sites for hydroxylation is 1. The molecule has 0 bridgehead atoms. The van der Waals surface area contributed by atoms with E-state index in [1.54, 1.807) is 18.2 Å². The summed E-state index contributed by atoms with van der Waals surface area (Å²) < 4.78 is 7.34. The summed E-state index contributed by atoms with van der Waals surface area (Å²) in [6, 6.07) is 4.89. The molecule has 3 rings (SSSR count). The maximum Gasteiger partial charge on any atom is 0.258 e. The van der Waals surface area contributed by atoms with Gasteiger partial charge in [0.25, 0.3) is 5.91 Å². The van der Waals surface area contributed by atoms with Crippen molar-refractivity contribution in [2.45, 2.75) is 25.3 Å². The number of carbonyl (C=O) groups is 1. The molecule has 1 aromatic carbocycles. The molecular formula is C16H17Cl2N3O2. The lowest BCUT2D eigenvalue weighted by Crippen LogP contribution is -2.34. The lowest BCUT2D eigenvalue weighted by molar-refractivity contribution is -0.123. The van der Waals surface area contributed by atoms with E-state index in [-0.39, 0.29) is 18.6 Å². The van der Waals surface area contributed by atoms with Crippen molar-refractivity contribution in [3.63, 3.8) is 0 Å². The zero-order valence-corrected chi connectivity index (χ0v) is 14.2. The molecule has 1 N–H and O–H groups in total. The molecule has 0 unspecified atom stereocenters. The molecule has 5 nitrogen and oxygen atoms in total. The molecule has 23 heavy (non-hydrogen) atoms. The van der Waals surface area contributed by atoms with Gasteiger partial charge < -0.3 is 10.1 Å². The number of aromatic nitrogens is 2. The molecule has 0 radical (unpaired) electrons. The molecule has 1 aliphatic carbocycles. The van der Waals surface area contributed by atoms with Gasteiger partial charge in [-0.15, -0.1) is 0 Å². The highest BCUT2D eigenvalue weighted by atomic mass is 35.5. The van der Waals surface area contributed by atoms with E-state index in [2.05, 4.69) is 10.4 Å². The van der Waals surface area contributed by atoms with E-state index < -0.39 is 0 Å². The average molecular weight is 354 g/mol. The topological polar surface area (TPSA) is 56.2 Å². The van der Waals surface area contributed by atoms with Gasteiger partial charge in [0.05, 0.1) is 17.3 Å². The van der Waals surface area contributed by atoms with Crippen LogP contribution in [0.3, 0.4) is 0 Å². The van der Waals surface area contributed by atoms with Crippen LogP contribution >= 0.6 is 23.2 Å². The quantitative estimate of drug-likeness (QED) is 0.917. The second-order valence-corrected chi connectivity index (χ2v) is 6.39. The predicted octanol–water partition coefficient (Wildman–Crippen LogP) is 3.30. The molecular weight excluding hydrogens is 337 g/mol. The summed E-state index contributed by atoms with van der Waals surface area (Å²) in [5.74, 6) is 0.259. The van der Waals surface area contributed by atoms with Gasteiger partial charge in [0.15, 0.2) is 6.61 Å². The van der Waals surface area contributed by atoms with Gasteiger partial charge in [-0.05, 0) is 37.5 Å². The maximum atomic E-state index is 12.1. The Hall–Kier alpha value is -1.72. The van der Waals surface area contributed by atoms with Crippen molar-refractivity contribution in [2.24, 2.45) is 7.05 Å². The van der Waals surface area contributed by atoms with Crippen LogP contribution < -0.4 is 10.1 Å². The molecule has 1 aliphatic rings. The zero-order chi connectivity index (χ0) is 16.4. The lowest BCUT2D eigenvalue weighted by atomic mass is 9.93. The van der Waals surface area contributed by atoms with Crippen molar-refractivity contribution in [3.05, 3.63) is 45.7 Å². The highest BCUT2D eigenvalue weighted by molar-refractivity contribution is 6.35. The van der Waals surface area contributed by atoms with Crippen molar-refractivity contribution in [1.29, 1.82) is 0 Å². The number of hydrogen-bond donors (Lipinski definition) is 1. The Labute approximate surface area is 144 Å². The summed E-state index contributed by atoms with van der Waals surface area (Å²) >= 11 is 11.9. The first-order valence-electron chi connectivity index (χ1n) is 7.42. The normalized spacial score (nSPS) is 16.7. The molecule has 1 atom stereocenters. The molecule has 0 fully saturated rings. The van der Waals surface area contributed by atoms with Crippen LogP contribution in [0.4, 0.5) is 0 Å². The van der Waals surface area contributed by atoms with Gasteiger partial charge in [0.2, 0.25) is 0 Å². The summed E-state index contributed by atoms with van der Waals surface area (Å²) in [5, 5.41) is 8.19. The molecule has 2 aromatic rings. The first-order valence-corrected chi connectivity index (χ1v) is 8.18. The Balaban J connectivity index is 1.60. The van der Waals surface area contributed by atoms with Gasteiger partial charge in [0.1, 0.15) is 5.75 Å². The van der Waals surface area contributed by atoms with Crippen molar-refractivity contribution in [3.8, 4) is 5.75 Å². The third-order valence-corrected chi connectivity index (χ3v) is 4.49. The number of fused-ring (bicyclic) bond motifs is 1. The van der Waals surface area contributed by atoms with Crippen LogP contribution in [0.15, 0.2) is 24.4 Å². The number of halogens is 2. The number of benzene rings is 1. The second kappa shape index (κ2) is 6.81. The van der Waals surface area contributed by atoms with Crippen LogP contribution in [0.5, 0.6) is 5.75 Å². The maximum absolute atomic E-state index is 12.1. The van der Waals surface area contributed by atoms with E-state index in [0.717, 1.165) is 24.8 Å². The fourth-order valence-corrected chi connectivity index (χ4v) is 3.29. The smallest absolute Gasteiger partial charge is 0.258 e. The summed E-state index contributed by atoms with van der Waals surface area (Å²) in [6.07, 6.45) is 4.76. The number of hydrogen-bond acceptors (Lipinski definition) is 3. The molecule has 0 spiro atoms. The summed E-state index contributed by atoms with van der Waals surface area (Å²) in [6.45, 7) is -0.0898. The van der Waals surface area contributed by atoms with Crippen molar-refractivity contribution in [1.82, 2.24) is 15.1 Å². The largest absolute Gasteiger partial charge is 0.482 e. The minimum Gasteiger partial charge on any atom is -0.482 e. The van der Waals surface area contributed by atoms with Gasteiger partial charge in [0, 0.05) is 23.3 Å². The monoisotopic (exact) mass is 353 g/mol. The Morgan fingerprint density at radius 3 is 3.09 bits per heavy atom. The van der Waals surface area contributed by atoms with Crippen LogP contribution in [0.2, 0.25) is 10.0 Å². The Kier molecular flexibility index (Phi) is 4.78. The van der Waals surface area contributed by atoms with Crippen LogP contribution in [0.25, 0.3) is 0 Å². The molecule has 0 saturated carbocycles. The van der Waals surface area contributed by atoms with Gasteiger partial charge in [-0.1, -0.05) is 23.2 Å². The van der Waals surface area contributed by atoms with E-state index >= 15 is 0 Å². The molecule has 7 heteroatoms. The van der Waals surface area contributed by atoms with E-state index in [1.807, 2.05) is 17.9 Å². The molecule has 1 amide bonds. The molecule has 0 saturated heterocycles. The Morgan fingerprint density at radius 1 is 1.48 bits per heavy atom.